The van der Waals surface area contributed by atoms with Crippen molar-refractivity contribution in [1.29, 1.82) is 0 Å². The molecule has 0 saturated heterocycles. The SMILES string of the molecule is CCSC(SCC)C(F)(F)C(F)(F)C(F)(F)F. The highest BCUT2D eigenvalue weighted by atomic mass is 32.2. The van der Waals surface area contributed by atoms with Crippen molar-refractivity contribution in [2.45, 2.75) is 36.5 Å². The highest BCUT2D eigenvalue weighted by Gasteiger charge is 2.75. The molecule has 0 fully saturated rings. The Morgan fingerprint density at radius 1 is 0.824 bits per heavy atom. The predicted octanol–water partition coefficient (Wildman–Crippen LogP) is 4.65. The third-order valence-corrected chi connectivity index (χ3v) is 4.39. The average Bonchev–Trinajstić information content (AvgIpc) is 2.15. The molecule has 0 heterocycles. The standard InChI is InChI=1S/C8H11F7S2/c1-3-16-5(17-4-2)6(9,10)7(11,12)8(13,14)15/h5H,3-4H2,1-2H3. The van der Waals surface area contributed by atoms with Gasteiger partial charge in [-0.1, -0.05) is 13.8 Å². The van der Waals surface area contributed by atoms with Crippen molar-refractivity contribution in [2.24, 2.45) is 0 Å². The maximum atomic E-state index is 13.2. The van der Waals surface area contributed by atoms with Gasteiger partial charge < -0.3 is 0 Å². The second kappa shape index (κ2) is 5.90. The Kier molecular flexibility index (Phi) is 5.97. The Balaban J connectivity index is 5.18. The highest BCUT2D eigenvalue weighted by Crippen LogP contribution is 2.53. The van der Waals surface area contributed by atoms with Crippen LogP contribution in [-0.2, 0) is 0 Å². The largest absolute Gasteiger partial charge is 0.459 e. The molecule has 0 aromatic rings. The first-order valence-electron chi connectivity index (χ1n) is 4.57. The summed E-state index contributed by atoms with van der Waals surface area (Å²) in [5.74, 6) is -11.1. The Morgan fingerprint density at radius 3 is 1.41 bits per heavy atom. The number of rotatable bonds is 6. The molecule has 0 saturated carbocycles. The zero-order valence-corrected chi connectivity index (χ0v) is 10.6. The zero-order valence-electron chi connectivity index (χ0n) is 8.95. The minimum absolute atomic E-state index is 0.0290. The Labute approximate surface area is 103 Å². The fraction of sp³-hybridized carbons (Fsp3) is 1.00. The Bertz CT molecular complexity index is 233. The zero-order chi connectivity index (χ0) is 13.9. The average molecular weight is 304 g/mol. The number of hydrogen-bond donors (Lipinski definition) is 0. The van der Waals surface area contributed by atoms with Gasteiger partial charge in [-0.15, -0.1) is 23.5 Å². The second-order valence-corrected chi connectivity index (χ2v) is 6.00. The summed E-state index contributed by atoms with van der Waals surface area (Å²) >= 11 is 0.768. The molecule has 0 amide bonds. The highest BCUT2D eigenvalue weighted by molar-refractivity contribution is 8.17. The van der Waals surface area contributed by atoms with Gasteiger partial charge in [0.25, 0.3) is 0 Å². The molecular weight excluding hydrogens is 293 g/mol. The van der Waals surface area contributed by atoms with Crippen molar-refractivity contribution in [1.82, 2.24) is 0 Å². The van der Waals surface area contributed by atoms with Crippen molar-refractivity contribution in [3.8, 4) is 0 Å². The van der Waals surface area contributed by atoms with Gasteiger partial charge in [-0.05, 0) is 11.5 Å². The molecule has 0 aliphatic rings. The van der Waals surface area contributed by atoms with Crippen molar-refractivity contribution < 1.29 is 30.7 Å². The van der Waals surface area contributed by atoms with Crippen LogP contribution in [0.2, 0.25) is 0 Å². The van der Waals surface area contributed by atoms with Gasteiger partial charge in [0.1, 0.15) is 4.58 Å². The van der Waals surface area contributed by atoms with Crippen molar-refractivity contribution in [3.05, 3.63) is 0 Å². The molecule has 0 spiro atoms. The second-order valence-electron chi connectivity index (χ2n) is 2.94. The van der Waals surface area contributed by atoms with E-state index < -0.39 is 22.6 Å². The topological polar surface area (TPSA) is 0 Å². The fourth-order valence-corrected chi connectivity index (χ4v) is 3.42. The van der Waals surface area contributed by atoms with E-state index in [1.165, 1.54) is 13.8 Å². The maximum Gasteiger partial charge on any atom is 0.459 e. The number of hydrogen-bond acceptors (Lipinski definition) is 2. The van der Waals surface area contributed by atoms with Crippen LogP contribution in [0.1, 0.15) is 13.8 Å². The van der Waals surface area contributed by atoms with Gasteiger partial charge >= 0.3 is 18.0 Å². The Hall–Kier alpha value is 0.210. The lowest BCUT2D eigenvalue weighted by atomic mass is 10.2. The van der Waals surface area contributed by atoms with E-state index in [9.17, 15) is 30.7 Å². The van der Waals surface area contributed by atoms with Crippen molar-refractivity contribution >= 4 is 23.5 Å². The first-order valence-corrected chi connectivity index (χ1v) is 6.67. The fourth-order valence-electron chi connectivity index (χ4n) is 0.897. The number of halogens is 7. The molecule has 0 rings (SSSR count). The molecule has 0 nitrogen and oxygen atoms in total. The molecular formula is C8H11F7S2. The monoisotopic (exact) mass is 304 g/mol. The van der Waals surface area contributed by atoms with Crippen molar-refractivity contribution in [2.75, 3.05) is 11.5 Å². The molecule has 0 aromatic heterocycles. The van der Waals surface area contributed by atoms with Crippen molar-refractivity contribution in [3.63, 3.8) is 0 Å². The predicted molar refractivity (Wildman–Crippen MR) is 56.0 cm³/mol. The quantitative estimate of drug-likeness (QED) is 0.517. The molecule has 9 heteroatoms. The Morgan fingerprint density at radius 2 is 1.18 bits per heavy atom. The lowest BCUT2D eigenvalue weighted by Gasteiger charge is -2.33. The third kappa shape index (κ3) is 3.59. The summed E-state index contributed by atoms with van der Waals surface area (Å²) in [5, 5.41) is 0. The summed E-state index contributed by atoms with van der Waals surface area (Å²) in [5.41, 5.74) is 0. The van der Waals surface area contributed by atoms with Gasteiger partial charge in [-0.2, -0.15) is 30.7 Å². The summed E-state index contributed by atoms with van der Waals surface area (Å²) in [6.07, 6.45) is -6.25. The first kappa shape index (κ1) is 17.2. The number of alkyl halides is 7. The molecule has 104 valence electrons. The van der Waals surface area contributed by atoms with Crippen LogP contribution in [0, 0.1) is 0 Å². The van der Waals surface area contributed by atoms with E-state index in [-0.39, 0.29) is 11.5 Å². The normalized spacial score (nSPS) is 14.5. The number of thioether (sulfide) groups is 2. The summed E-state index contributed by atoms with van der Waals surface area (Å²) < 4.78 is 85.5. The molecule has 0 aliphatic heterocycles. The molecule has 0 atom stereocenters. The van der Waals surface area contributed by atoms with Gasteiger partial charge in [0.15, 0.2) is 0 Å². The lowest BCUT2D eigenvalue weighted by Crippen LogP contribution is -2.56. The van der Waals surface area contributed by atoms with Gasteiger partial charge in [-0.25, -0.2) is 0 Å². The van der Waals surface area contributed by atoms with E-state index in [0.717, 1.165) is 0 Å². The molecule has 0 N–H and O–H groups in total. The van der Waals surface area contributed by atoms with Crippen LogP contribution in [0.5, 0.6) is 0 Å². The van der Waals surface area contributed by atoms with E-state index in [1.54, 1.807) is 0 Å². The van der Waals surface area contributed by atoms with Gasteiger partial charge in [0.2, 0.25) is 0 Å². The van der Waals surface area contributed by atoms with E-state index in [4.69, 9.17) is 0 Å². The van der Waals surface area contributed by atoms with E-state index in [1.807, 2.05) is 0 Å². The minimum atomic E-state index is -6.25. The van der Waals surface area contributed by atoms with Crippen LogP contribution >= 0.6 is 23.5 Å². The molecule has 0 aliphatic carbocycles. The van der Waals surface area contributed by atoms with Crippen LogP contribution in [0.25, 0.3) is 0 Å². The van der Waals surface area contributed by atoms with E-state index in [0.29, 0.717) is 23.5 Å². The van der Waals surface area contributed by atoms with E-state index in [2.05, 4.69) is 0 Å². The molecule has 0 radical (unpaired) electrons. The summed E-state index contributed by atoms with van der Waals surface area (Å²) in [7, 11) is 0. The van der Waals surface area contributed by atoms with Crippen LogP contribution < -0.4 is 0 Å². The smallest absolute Gasteiger partial charge is 0.197 e. The molecule has 0 bridgehead atoms. The minimum Gasteiger partial charge on any atom is -0.197 e. The maximum absolute atomic E-state index is 13.2. The summed E-state index contributed by atoms with van der Waals surface area (Å²) in [4.78, 5) is 0. The van der Waals surface area contributed by atoms with Crippen LogP contribution in [0.15, 0.2) is 0 Å². The van der Waals surface area contributed by atoms with Crippen LogP contribution in [-0.4, -0.2) is 34.1 Å². The third-order valence-electron chi connectivity index (χ3n) is 1.71. The van der Waals surface area contributed by atoms with E-state index >= 15 is 0 Å². The van der Waals surface area contributed by atoms with Gasteiger partial charge in [0.05, 0.1) is 0 Å². The van der Waals surface area contributed by atoms with Gasteiger partial charge in [0, 0.05) is 0 Å². The van der Waals surface area contributed by atoms with Crippen LogP contribution in [0.3, 0.4) is 0 Å². The van der Waals surface area contributed by atoms with Gasteiger partial charge in [-0.3, -0.25) is 0 Å². The molecule has 17 heavy (non-hydrogen) atoms. The molecule has 0 unspecified atom stereocenters. The lowest BCUT2D eigenvalue weighted by molar-refractivity contribution is -0.350. The molecule has 0 aromatic carbocycles. The first-order chi connectivity index (χ1) is 7.52. The van der Waals surface area contributed by atoms with Crippen LogP contribution in [0.4, 0.5) is 30.7 Å². The summed E-state index contributed by atoms with van der Waals surface area (Å²) in [6.45, 7) is 2.82. The summed E-state index contributed by atoms with van der Waals surface area (Å²) in [6, 6.07) is 0.